The van der Waals surface area contributed by atoms with E-state index in [1.165, 1.54) is 31.7 Å². The van der Waals surface area contributed by atoms with Crippen LogP contribution in [-0.4, -0.2) is 64.0 Å². The van der Waals surface area contributed by atoms with Gasteiger partial charge in [0.05, 0.1) is 12.0 Å². The highest BCUT2D eigenvalue weighted by Crippen LogP contribution is 2.32. The summed E-state index contributed by atoms with van der Waals surface area (Å²) in [6.45, 7) is 4.88. The molecule has 0 saturated carbocycles. The fraction of sp³-hybridized carbons (Fsp3) is 0.355. The van der Waals surface area contributed by atoms with E-state index < -0.39 is 16.1 Å². The van der Waals surface area contributed by atoms with E-state index in [2.05, 4.69) is 25.1 Å². The number of carbonyl (C=O) groups excluding carboxylic acids is 2. The molecule has 1 atom stereocenters. The van der Waals surface area contributed by atoms with Gasteiger partial charge in [-0.1, -0.05) is 42.0 Å². The van der Waals surface area contributed by atoms with Crippen molar-refractivity contribution in [1.82, 2.24) is 4.90 Å². The fourth-order valence-corrected chi connectivity index (χ4v) is 5.24. The van der Waals surface area contributed by atoms with Crippen LogP contribution in [0.2, 0.25) is 0 Å². The maximum Gasteiger partial charge on any atom is 0.308 e. The van der Waals surface area contributed by atoms with Gasteiger partial charge in [0, 0.05) is 32.1 Å². The minimum atomic E-state index is -4.02. The lowest BCUT2D eigenvalue weighted by Gasteiger charge is -2.36. The van der Waals surface area contributed by atoms with Crippen molar-refractivity contribution in [2.45, 2.75) is 38.0 Å². The second-order valence-electron chi connectivity index (χ2n) is 10.3. The molecule has 0 aliphatic carbocycles. The van der Waals surface area contributed by atoms with Crippen LogP contribution in [0.3, 0.4) is 0 Å². The minimum Gasteiger partial charge on any atom is -0.493 e. The number of rotatable bonds is 8. The molecule has 0 spiro atoms. The summed E-state index contributed by atoms with van der Waals surface area (Å²) in [5.41, 5.74) is 4.18. The molecule has 1 N–H and O–H groups in total. The van der Waals surface area contributed by atoms with Crippen LogP contribution in [-0.2, 0) is 32.5 Å². The number of carbonyl (C=O) groups is 2. The van der Waals surface area contributed by atoms with Crippen LogP contribution in [0.4, 0.5) is 5.69 Å². The number of amides is 1. The molecule has 220 valence electrons. The Morgan fingerprint density at radius 1 is 1.02 bits per heavy atom. The summed E-state index contributed by atoms with van der Waals surface area (Å²) >= 11 is 0. The highest BCUT2D eigenvalue weighted by atomic mass is 32.2. The Hall–Kier alpha value is -3.73. The quantitative estimate of drug-likeness (QED) is 0.234. The number of fused-ring (bicyclic) bond motifs is 1. The highest BCUT2D eigenvalue weighted by molar-refractivity contribution is 7.85. The van der Waals surface area contributed by atoms with Gasteiger partial charge in [0.15, 0.2) is 11.5 Å². The summed E-state index contributed by atoms with van der Waals surface area (Å²) in [6.07, 6.45) is 1.98. The molecule has 1 aliphatic heterocycles. The molecule has 3 aromatic carbocycles. The van der Waals surface area contributed by atoms with E-state index in [4.69, 9.17) is 14.0 Å². The molecule has 4 rings (SSSR count). The molecule has 3 aromatic rings. The van der Waals surface area contributed by atoms with Gasteiger partial charge in [-0.15, -0.1) is 0 Å². The normalized spacial score (nSPS) is 14.5. The van der Waals surface area contributed by atoms with Crippen molar-refractivity contribution in [3.63, 3.8) is 0 Å². The van der Waals surface area contributed by atoms with Crippen LogP contribution in [0.5, 0.6) is 11.5 Å². The number of benzene rings is 3. The van der Waals surface area contributed by atoms with Crippen molar-refractivity contribution < 1.29 is 32.0 Å². The first-order chi connectivity index (χ1) is 19.4. The largest absolute Gasteiger partial charge is 0.493 e. The Morgan fingerprint density at radius 3 is 2.32 bits per heavy atom. The Bertz CT molecular complexity index is 1450. The number of anilines is 1. The van der Waals surface area contributed by atoms with Crippen LogP contribution in [0, 0.1) is 12.8 Å². The van der Waals surface area contributed by atoms with Gasteiger partial charge in [0.2, 0.25) is 5.91 Å². The van der Waals surface area contributed by atoms with Gasteiger partial charge in [0.25, 0.3) is 10.1 Å². The predicted octanol–water partition coefficient (Wildman–Crippen LogP) is 4.56. The lowest BCUT2D eigenvalue weighted by molar-refractivity contribution is -0.132. The molecule has 0 saturated heterocycles. The van der Waals surface area contributed by atoms with Crippen LogP contribution in [0.1, 0.15) is 30.0 Å². The third kappa shape index (κ3) is 9.41. The Kier molecular flexibility index (Phi) is 11.0. The lowest BCUT2D eigenvalue weighted by atomic mass is 9.91. The van der Waals surface area contributed by atoms with Crippen LogP contribution in [0.15, 0.2) is 71.6 Å². The molecule has 0 bridgehead atoms. The second kappa shape index (κ2) is 14.2. The molecule has 1 unspecified atom stereocenters. The molecule has 1 amide bonds. The molecule has 1 heterocycles. The standard InChI is InChI=1S/C24H30N2O4.C7H8O3S/c1-17(27)30-22-11-9-18(14-23(22)29-4)10-12-24(28)26-16-19(15-25(2)3)13-20-7-5-6-8-21(20)26;1-6-2-4-7(5-3-6)11(8,9)10/h5-9,11,14,19H,10,12-13,15-16H2,1-4H3;2-5H,1H3,(H,8,9,10). The maximum absolute atomic E-state index is 13.1. The smallest absolute Gasteiger partial charge is 0.308 e. The van der Waals surface area contributed by atoms with Crippen LogP contribution >= 0.6 is 0 Å². The van der Waals surface area contributed by atoms with Crippen molar-refractivity contribution in [3.05, 3.63) is 83.4 Å². The van der Waals surface area contributed by atoms with Crippen LogP contribution in [0.25, 0.3) is 0 Å². The highest BCUT2D eigenvalue weighted by Gasteiger charge is 2.28. The summed E-state index contributed by atoms with van der Waals surface area (Å²) in [4.78, 5) is 28.4. The molecule has 0 fully saturated rings. The first-order valence-corrected chi connectivity index (χ1v) is 14.7. The Morgan fingerprint density at radius 2 is 1.71 bits per heavy atom. The number of hydrogen-bond donors (Lipinski definition) is 1. The number of nitrogens with zero attached hydrogens (tertiary/aromatic N) is 2. The van der Waals surface area contributed by atoms with E-state index >= 15 is 0 Å². The van der Waals surface area contributed by atoms with Crippen molar-refractivity contribution in [2.24, 2.45) is 5.92 Å². The lowest BCUT2D eigenvalue weighted by Crippen LogP contribution is -2.43. The van der Waals surface area contributed by atoms with Gasteiger partial charge >= 0.3 is 5.97 Å². The zero-order chi connectivity index (χ0) is 30.2. The third-order valence-corrected chi connectivity index (χ3v) is 7.45. The summed E-state index contributed by atoms with van der Waals surface area (Å²) in [5.74, 6) is 1.02. The van der Waals surface area contributed by atoms with Crippen molar-refractivity contribution in [3.8, 4) is 11.5 Å². The van der Waals surface area contributed by atoms with E-state index in [-0.39, 0.29) is 10.8 Å². The number of esters is 1. The van der Waals surface area contributed by atoms with E-state index in [0.717, 1.165) is 36.3 Å². The minimum absolute atomic E-state index is 0.0666. The molecule has 0 aromatic heterocycles. The van der Waals surface area contributed by atoms with Gasteiger partial charge < -0.3 is 19.3 Å². The summed E-state index contributed by atoms with van der Waals surface area (Å²) < 4.78 is 40.0. The van der Waals surface area contributed by atoms with Crippen LogP contribution < -0.4 is 14.4 Å². The number of methoxy groups -OCH3 is 1. The van der Waals surface area contributed by atoms with E-state index in [1.54, 1.807) is 18.2 Å². The Labute approximate surface area is 242 Å². The first-order valence-electron chi connectivity index (χ1n) is 13.3. The van der Waals surface area contributed by atoms with Crippen molar-refractivity contribution >= 4 is 27.7 Å². The summed E-state index contributed by atoms with van der Waals surface area (Å²) in [6, 6.07) is 19.6. The molecular formula is C31H38N2O7S. The predicted molar refractivity (Wildman–Crippen MR) is 158 cm³/mol. The molecule has 1 aliphatic rings. The number of para-hydroxylation sites is 1. The summed E-state index contributed by atoms with van der Waals surface area (Å²) in [7, 11) is 1.65. The zero-order valence-corrected chi connectivity index (χ0v) is 25.0. The third-order valence-electron chi connectivity index (χ3n) is 6.58. The maximum atomic E-state index is 13.1. The molecule has 9 nitrogen and oxygen atoms in total. The fourth-order valence-electron chi connectivity index (χ4n) is 4.76. The van der Waals surface area contributed by atoms with Gasteiger partial charge in [-0.25, -0.2) is 0 Å². The van der Waals surface area contributed by atoms with Gasteiger partial charge in [0.1, 0.15) is 0 Å². The van der Waals surface area contributed by atoms with E-state index in [1.807, 2.05) is 42.2 Å². The number of ether oxygens (including phenoxy) is 2. The van der Waals surface area contributed by atoms with Gasteiger partial charge in [-0.2, -0.15) is 8.42 Å². The van der Waals surface area contributed by atoms with E-state index in [9.17, 15) is 18.0 Å². The first kappa shape index (κ1) is 31.8. The second-order valence-corrected chi connectivity index (χ2v) is 11.8. The number of hydrogen-bond acceptors (Lipinski definition) is 7. The van der Waals surface area contributed by atoms with Gasteiger partial charge in [-0.05, 0) is 81.2 Å². The SMILES string of the molecule is COc1cc(CCC(=O)N2CC(CN(C)C)Cc3ccccc32)ccc1OC(C)=O.Cc1ccc(S(=O)(=O)O)cc1. The van der Waals surface area contributed by atoms with Gasteiger partial charge in [-0.3, -0.25) is 14.1 Å². The summed E-state index contributed by atoms with van der Waals surface area (Å²) in [5, 5.41) is 0. The Balaban J connectivity index is 0.000000352. The van der Waals surface area contributed by atoms with E-state index in [0.29, 0.717) is 30.3 Å². The molecule has 10 heteroatoms. The zero-order valence-electron chi connectivity index (χ0n) is 24.2. The molecular weight excluding hydrogens is 544 g/mol. The number of aryl methyl sites for hydroxylation is 2. The van der Waals surface area contributed by atoms with Crippen molar-refractivity contribution in [2.75, 3.05) is 39.2 Å². The topological polar surface area (TPSA) is 113 Å². The van der Waals surface area contributed by atoms with Crippen molar-refractivity contribution in [1.29, 1.82) is 0 Å². The monoisotopic (exact) mass is 582 g/mol. The average Bonchev–Trinajstić information content (AvgIpc) is 2.91. The average molecular weight is 583 g/mol. The molecule has 41 heavy (non-hydrogen) atoms. The molecule has 0 radical (unpaired) electrons.